The van der Waals surface area contributed by atoms with E-state index < -0.39 is 11.9 Å². The number of aromatic nitrogens is 2. The second-order valence-corrected chi connectivity index (χ2v) is 6.88. The summed E-state index contributed by atoms with van der Waals surface area (Å²) in [6, 6.07) is 4.12. The van der Waals surface area contributed by atoms with Crippen LogP contribution >= 0.6 is 27.7 Å². The molecule has 0 aliphatic rings. The van der Waals surface area contributed by atoms with Gasteiger partial charge in [-0.3, -0.25) is 4.79 Å². The van der Waals surface area contributed by atoms with E-state index in [1.54, 1.807) is 6.92 Å². The number of aliphatic hydroxyl groups excluding tert-OH is 1. The normalized spacial score (nSPS) is 12.7. The third-order valence-electron chi connectivity index (χ3n) is 2.90. The predicted molar refractivity (Wildman–Crippen MR) is 95.8 cm³/mol. The molecule has 2 rings (SSSR count). The Morgan fingerprint density at radius 3 is 2.92 bits per heavy atom. The molecule has 9 nitrogen and oxygen atoms in total. The zero-order valence-electron chi connectivity index (χ0n) is 13.4. The summed E-state index contributed by atoms with van der Waals surface area (Å²) >= 11 is 4.07. The van der Waals surface area contributed by atoms with Crippen LogP contribution in [-0.2, 0) is 4.79 Å². The number of oxime groups is 1. The van der Waals surface area contributed by atoms with Crippen LogP contribution in [0.5, 0.6) is 0 Å². The van der Waals surface area contributed by atoms with E-state index in [1.165, 1.54) is 18.2 Å². The summed E-state index contributed by atoms with van der Waals surface area (Å²) < 4.78 is 18.2. The Labute approximate surface area is 160 Å². The van der Waals surface area contributed by atoms with Gasteiger partial charge in [0, 0.05) is 12.2 Å². The fourth-order valence-corrected chi connectivity index (χ4v) is 2.81. The summed E-state index contributed by atoms with van der Waals surface area (Å²) in [6.07, 6.45) is -0.652. The average Bonchev–Trinajstić information content (AvgIpc) is 3.07. The van der Waals surface area contributed by atoms with E-state index in [0.717, 1.165) is 11.8 Å². The third-order valence-corrected chi connectivity index (χ3v) is 4.46. The van der Waals surface area contributed by atoms with Crippen LogP contribution in [0.2, 0.25) is 0 Å². The summed E-state index contributed by atoms with van der Waals surface area (Å²) in [7, 11) is 0. The molecule has 0 unspecified atom stereocenters. The number of benzene rings is 1. The number of amidine groups is 1. The minimum Gasteiger partial charge on any atom is -0.409 e. The van der Waals surface area contributed by atoms with Crippen LogP contribution in [-0.4, -0.2) is 50.8 Å². The molecule has 26 heavy (non-hydrogen) atoms. The topological polar surface area (TPSA) is 133 Å². The standard InChI is InChI=1S/C14H15BrFN5O4S/c1-7(22)5-17-11(23)6-26-14-12(20-25-21-14)13(19-24)18-8-2-3-10(16)9(15)4-8/h2-4,7,22,24H,5-6H2,1H3,(H,17,23)(H,18,19)/t7-/m0/s1. The molecule has 0 aliphatic carbocycles. The molecule has 0 fully saturated rings. The highest BCUT2D eigenvalue weighted by molar-refractivity contribution is 9.10. The summed E-state index contributed by atoms with van der Waals surface area (Å²) in [4.78, 5) is 11.7. The summed E-state index contributed by atoms with van der Waals surface area (Å²) in [6.45, 7) is 1.68. The fraction of sp³-hybridized carbons (Fsp3) is 0.286. The number of nitrogens with one attached hydrogen (secondary N) is 2. The highest BCUT2D eigenvalue weighted by atomic mass is 79.9. The van der Waals surface area contributed by atoms with Crippen LogP contribution in [0.1, 0.15) is 12.6 Å². The number of carbonyl (C=O) groups excluding carboxylic acids is 1. The second kappa shape index (κ2) is 9.50. The van der Waals surface area contributed by atoms with E-state index in [-0.39, 0.29) is 39.2 Å². The largest absolute Gasteiger partial charge is 0.409 e. The molecule has 0 bridgehead atoms. The van der Waals surface area contributed by atoms with Crippen LogP contribution < -0.4 is 10.6 Å². The number of rotatable bonds is 7. The van der Waals surface area contributed by atoms with Crippen molar-refractivity contribution in [2.45, 2.75) is 18.1 Å². The average molecular weight is 448 g/mol. The van der Waals surface area contributed by atoms with Crippen molar-refractivity contribution in [3.05, 3.63) is 34.2 Å². The van der Waals surface area contributed by atoms with Gasteiger partial charge in [-0.1, -0.05) is 16.9 Å². The lowest BCUT2D eigenvalue weighted by Crippen LogP contribution is -2.31. The van der Waals surface area contributed by atoms with Gasteiger partial charge in [0.15, 0.2) is 10.7 Å². The zero-order chi connectivity index (χ0) is 19.1. The Balaban J connectivity index is 2.04. The number of amides is 1. The minimum atomic E-state index is -0.652. The molecule has 0 spiro atoms. The Morgan fingerprint density at radius 1 is 1.50 bits per heavy atom. The van der Waals surface area contributed by atoms with Crippen LogP contribution in [0.3, 0.4) is 0 Å². The lowest BCUT2D eigenvalue weighted by atomic mass is 10.3. The van der Waals surface area contributed by atoms with Gasteiger partial charge in [0.25, 0.3) is 0 Å². The first-order chi connectivity index (χ1) is 12.4. The number of thioether (sulfide) groups is 1. The van der Waals surface area contributed by atoms with E-state index in [9.17, 15) is 14.4 Å². The monoisotopic (exact) mass is 447 g/mol. The first-order valence-electron chi connectivity index (χ1n) is 7.25. The smallest absolute Gasteiger partial charge is 0.230 e. The number of halogens is 2. The van der Waals surface area contributed by atoms with E-state index in [0.29, 0.717) is 5.69 Å². The van der Waals surface area contributed by atoms with Crippen LogP contribution in [0.15, 0.2) is 37.5 Å². The predicted octanol–water partition coefficient (Wildman–Crippen LogP) is 1.81. The fourth-order valence-electron chi connectivity index (χ4n) is 1.71. The molecule has 1 aromatic heterocycles. The molecular formula is C14H15BrFN5O4S. The molecule has 1 amide bonds. The van der Waals surface area contributed by atoms with Crippen LogP contribution in [0.25, 0.3) is 0 Å². The summed E-state index contributed by atoms with van der Waals surface area (Å²) in [5, 5.41) is 34.3. The maximum atomic E-state index is 13.3. The molecule has 12 heteroatoms. The van der Waals surface area contributed by atoms with Crippen molar-refractivity contribution >= 4 is 45.1 Å². The molecule has 0 radical (unpaired) electrons. The van der Waals surface area contributed by atoms with E-state index in [2.05, 4.69) is 46.7 Å². The van der Waals surface area contributed by atoms with Crippen molar-refractivity contribution < 1.29 is 24.1 Å². The first-order valence-corrected chi connectivity index (χ1v) is 9.03. The molecular weight excluding hydrogens is 433 g/mol. The van der Waals surface area contributed by atoms with Gasteiger partial charge in [0.1, 0.15) is 5.82 Å². The van der Waals surface area contributed by atoms with Crippen molar-refractivity contribution in [3.8, 4) is 0 Å². The number of hydrogen-bond acceptors (Lipinski definition) is 8. The molecule has 1 atom stereocenters. The van der Waals surface area contributed by atoms with Gasteiger partial charge in [0.05, 0.1) is 16.3 Å². The maximum absolute atomic E-state index is 13.3. The molecule has 2 aromatic rings. The van der Waals surface area contributed by atoms with E-state index in [1.807, 2.05) is 0 Å². The lowest BCUT2D eigenvalue weighted by Gasteiger charge is -2.08. The molecule has 140 valence electrons. The van der Waals surface area contributed by atoms with Gasteiger partial charge in [-0.25, -0.2) is 9.02 Å². The van der Waals surface area contributed by atoms with Gasteiger partial charge in [0.2, 0.25) is 11.7 Å². The number of aliphatic hydroxyl groups is 1. The zero-order valence-corrected chi connectivity index (χ0v) is 15.8. The number of anilines is 1. The Hall–Kier alpha value is -2.18. The molecule has 0 saturated carbocycles. The third kappa shape index (κ3) is 5.68. The maximum Gasteiger partial charge on any atom is 0.230 e. The molecule has 0 aliphatic heterocycles. The molecule has 1 aromatic carbocycles. The Kier molecular flexibility index (Phi) is 7.36. The van der Waals surface area contributed by atoms with Gasteiger partial charge in [-0.05, 0) is 51.4 Å². The van der Waals surface area contributed by atoms with Gasteiger partial charge < -0.3 is 20.9 Å². The van der Waals surface area contributed by atoms with Crippen LogP contribution in [0.4, 0.5) is 10.1 Å². The minimum absolute atomic E-state index is 0.00522. The van der Waals surface area contributed by atoms with Crippen molar-refractivity contribution in [2.75, 3.05) is 17.6 Å². The van der Waals surface area contributed by atoms with Crippen molar-refractivity contribution in [1.29, 1.82) is 0 Å². The quantitative estimate of drug-likeness (QED) is 0.166. The Morgan fingerprint density at radius 2 is 2.27 bits per heavy atom. The van der Waals surface area contributed by atoms with Gasteiger partial charge in [-0.15, -0.1) is 0 Å². The first kappa shape index (κ1) is 20.1. The van der Waals surface area contributed by atoms with E-state index in [4.69, 9.17) is 5.11 Å². The van der Waals surface area contributed by atoms with Crippen LogP contribution in [0, 0.1) is 5.82 Å². The molecule has 0 saturated heterocycles. The highest BCUT2D eigenvalue weighted by Crippen LogP contribution is 2.23. The van der Waals surface area contributed by atoms with Gasteiger partial charge >= 0.3 is 0 Å². The number of hydrogen-bond donors (Lipinski definition) is 4. The van der Waals surface area contributed by atoms with E-state index >= 15 is 0 Å². The molecule has 4 N–H and O–H groups in total. The van der Waals surface area contributed by atoms with Crippen molar-refractivity contribution in [1.82, 2.24) is 15.6 Å². The summed E-state index contributed by atoms with van der Waals surface area (Å²) in [5.41, 5.74) is 0.515. The second-order valence-electron chi connectivity index (χ2n) is 5.06. The highest BCUT2D eigenvalue weighted by Gasteiger charge is 2.19. The number of nitrogens with zero attached hydrogens (tertiary/aromatic N) is 3. The number of carbonyl (C=O) groups is 1. The van der Waals surface area contributed by atoms with Crippen molar-refractivity contribution in [2.24, 2.45) is 5.16 Å². The lowest BCUT2D eigenvalue weighted by molar-refractivity contribution is -0.118. The van der Waals surface area contributed by atoms with Gasteiger partial charge in [-0.2, -0.15) is 0 Å². The summed E-state index contributed by atoms with van der Waals surface area (Å²) in [5.74, 6) is -0.852. The Bertz CT molecular complexity index is 801. The molecule has 1 heterocycles. The van der Waals surface area contributed by atoms with Crippen molar-refractivity contribution in [3.63, 3.8) is 0 Å². The SMILES string of the molecule is C[C@H](O)CNC(=O)CSc1nonc1/C(=N/O)Nc1ccc(F)c(Br)c1.